The Kier molecular flexibility index (Phi) is 4.07. The predicted octanol–water partition coefficient (Wildman–Crippen LogP) is 1.55. The van der Waals surface area contributed by atoms with Crippen LogP contribution >= 0.6 is 15.9 Å². The lowest BCUT2D eigenvalue weighted by atomic mass is 10.3. The van der Waals surface area contributed by atoms with Crippen molar-refractivity contribution in [3.63, 3.8) is 0 Å². The van der Waals surface area contributed by atoms with Gasteiger partial charge in [0.1, 0.15) is 0 Å². The molecule has 0 radical (unpaired) electrons. The van der Waals surface area contributed by atoms with E-state index >= 15 is 0 Å². The molecular weight excluding hydrogens is 334 g/mol. The van der Waals surface area contributed by atoms with Gasteiger partial charge < -0.3 is 4.74 Å². The Morgan fingerprint density at radius 2 is 2.05 bits per heavy atom. The maximum Gasteiger partial charge on any atom is 0.334 e. The Labute approximate surface area is 120 Å². The van der Waals surface area contributed by atoms with Crippen molar-refractivity contribution in [2.75, 3.05) is 20.2 Å². The van der Waals surface area contributed by atoms with Crippen molar-refractivity contribution in [3.05, 3.63) is 40.4 Å². The number of hydrogen-bond acceptors (Lipinski definition) is 4. The second-order valence-electron chi connectivity index (χ2n) is 3.95. The Bertz CT molecular complexity index is 639. The van der Waals surface area contributed by atoms with E-state index in [9.17, 15) is 13.2 Å². The molecule has 1 heterocycles. The third-order valence-electron chi connectivity index (χ3n) is 2.79. The quantitative estimate of drug-likeness (QED) is 0.779. The van der Waals surface area contributed by atoms with Crippen molar-refractivity contribution >= 4 is 31.9 Å². The minimum atomic E-state index is -3.62. The predicted molar refractivity (Wildman–Crippen MR) is 73.0 cm³/mol. The number of methoxy groups -OCH3 is 1. The molecule has 5 nitrogen and oxygen atoms in total. The molecule has 1 aromatic carbocycles. The molecule has 0 atom stereocenters. The molecule has 102 valence electrons. The SMILES string of the molecule is COC(=O)C1=CCN(S(=O)(=O)c2ccccc2Br)C1. The number of sulfonamides is 1. The van der Waals surface area contributed by atoms with Gasteiger partial charge in [0.15, 0.2) is 0 Å². The van der Waals surface area contributed by atoms with Gasteiger partial charge in [0.2, 0.25) is 10.0 Å². The van der Waals surface area contributed by atoms with E-state index in [2.05, 4.69) is 20.7 Å². The zero-order valence-electron chi connectivity index (χ0n) is 10.2. The standard InChI is InChI=1S/C12H12BrNO4S/c1-18-12(15)9-6-7-14(8-9)19(16,17)11-5-3-2-4-10(11)13/h2-6H,7-8H2,1H3. The Morgan fingerprint density at radius 1 is 1.37 bits per heavy atom. The molecule has 0 saturated carbocycles. The van der Waals surface area contributed by atoms with Gasteiger partial charge in [-0.15, -0.1) is 0 Å². The van der Waals surface area contributed by atoms with Gasteiger partial charge in [0.25, 0.3) is 0 Å². The summed E-state index contributed by atoms with van der Waals surface area (Å²) in [5, 5.41) is 0. The van der Waals surface area contributed by atoms with Gasteiger partial charge in [-0.05, 0) is 28.1 Å². The van der Waals surface area contributed by atoms with Gasteiger partial charge in [-0.3, -0.25) is 0 Å². The van der Waals surface area contributed by atoms with Crippen molar-refractivity contribution < 1.29 is 17.9 Å². The van der Waals surface area contributed by atoms with Crippen LogP contribution in [-0.4, -0.2) is 38.9 Å². The summed E-state index contributed by atoms with van der Waals surface area (Å²) in [5.41, 5.74) is 0.359. The molecular formula is C12H12BrNO4S. The van der Waals surface area contributed by atoms with Crippen molar-refractivity contribution in [1.29, 1.82) is 0 Å². The fraction of sp³-hybridized carbons (Fsp3) is 0.250. The fourth-order valence-corrected chi connectivity index (χ4v) is 4.11. The molecule has 0 aromatic heterocycles. The second kappa shape index (κ2) is 5.44. The zero-order valence-corrected chi connectivity index (χ0v) is 12.6. The molecule has 19 heavy (non-hydrogen) atoms. The summed E-state index contributed by atoms with van der Waals surface area (Å²) < 4.78 is 31.2. The summed E-state index contributed by atoms with van der Waals surface area (Å²) >= 11 is 3.22. The van der Waals surface area contributed by atoms with E-state index in [0.717, 1.165) is 0 Å². The van der Waals surface area contributed by atoms with Gasteiger partial charge in [0.05, 0.1) is 12.0 Å². The van der Waals surface area contributed by atoms with Crippen LogP contribution in [0.5, 0.6) is 0 Å². The second-order valence-corrected chi connectivity index (χ2v) is 6.71. The van der Waals surface area contributed by atoms with Crippen LogP contribution in [0.4, 0.5) is 0 Å². The van der Waals surface area contributed by atoms with Gasteiger partial charge >= 0.3 is 5.97 Å². The number of carbonyl (C=O) groups excluding carboxylic acids is 1. The molecule has 7 heteroatoms. The molecule has 0 amide bonds. The Morgan fingerprint density at radius 3 is 2.68 bits per heavy atom. The minimum absolute atomic E-state index is 0.0380. The summed E-state index contributed by atoms with van der Waals surface area (Å²) in [7, 11) is -2.35. The lowest BCUT2D eigenvalue weighted by Gasteiger charge is -2.17. The number of benzene rings is 1. The zero-order chi connectivity index (χ0) is 14.0. The van der Waals surface area contributed by atoms with Crippen molar-refractivity contribution in [2.24, 2.45) is 0 Å². The monoisotopic (exact) mass is 345 g/mol. The van der Waals surface area contributed by atoms with Gasteiger partial charge in [-0.2, -0.15) is 4.31 Å². The topological polar surface area (TPSA) is 63.7 Å². The number of halogens is 1. The highest BCUT2D eigenvalue weighted by Crippen LogP contribution is 2.27. The highest BCUT2D eigenvalue weighted by atomic mass is 79.9. The average Bonchev–Trinajstić information content (AvgIpc) is 2.88. The molecule has 2 rings (SSSR count). The average molecular weight is 346 g/mol. The van der Waals surface area contributed by atoms with E-state index in [1.807, 2.05) is 0 Å². The third-order valence-corrected chi connectivity index (χ3v) is 5.61. The molecule has 0 N–H and O–H groups in total. The van der Waals surface area contributed by atoms with Crippen LogP contribution in [0.3, 0.4) is 0 Å². The molecule has 1 aliphatic heterocycles. The lowest BCUT2D eigenvalue weighted by Crippen LogP contribution is -2.30. The largest absolute Gasteiger partial charge is 0.466 e. The number of nitrogens with zero attached hydrogens (tertiary/aromatic N) is 1. The van der Waals surface area contributed by atoms with Gasteiger partial charge in [-0.25, -0.2) is 13.2 Å². The number of rotatable bonds is 3. The Hall–Kier alpha value is -1.18. The van der Waals surface area contributed by atoms with Crippen LogP contribution in [-0.2, 0) is 19.6 Å². The van der Waals surface area contributed by atoms with Crippen LogP contribution in [0.25, 0.3) is 0 Å². The highest BCUT2D eigenvalue weighted by Gasteiger charge is 2.31. The molecule has 0 unspecified atom stereocenters. The van der Waals surface area contributed by atoms with Crippen molar-refractivity contribution in [2.45, 2.75) is 4.90 Å². The first-order valence-corrected chi connectivity index (χ1v) is 7.72. The summed E-state index contributed by atoms with van der Waals surface area (Å²) in [4.78, 5) is 11.6. The smallest absolute Gasteiger partial charge is 0.334 e. The molecule has 1 aliphatic rings. The number of esters is 1. The summed E-state index contributed by atoms with van der Waals surface area (Å²) in [6, 6.07) is 6.58. The van der Waals surface area contributed by atoms with E-state index in [4.69, 9.17) is 0 Å². The summed E-state index contributed by atoms with van der Waals surface area (Å²) in [6.45, 7) is 0.213. The highest BCUT2D eigenvalue weighted by molar-refractivity contribution is 9.10. The minimum Gasteiger partial charge on any atom is -0.466 e. The van der Waals surface area contributed by atoms with E-state index < -0.39 is 16.0 Å². The summed E-state index contributed by atoms with van der Waals surface area (Å²) in [5.74, 6) is -0.496. The molecule has 0 fully saturated rings. The molecule has 0 bridgehead atoms. The van der Waals surface area contributed by atoms with Crippen molar-refractivity contribution in [1.82, 2.24) is 4.31 Å². The first-order valence-electron chi connectivity index (χ1n) is 5.49. The van der Waals surface area contributed by atoms with Crippen LogP contribution < -0.4 is 0 Å². The molecule has 1 aromatic rings. The lowest BCUT2D eigenvalue weighted by molar-refractivity contribution is -0.136. The number of carbonyl (C=O) groups is 1. The first kappa shape index (κ1) is 14.2. The maximum atomic E-state index is 12.4. The van der Waals surface area contributed by atoms with Gasteiger partial charge in [0, 0.05) is 23.1 Å². The summed E-state index contributed by atoms with van der Waals surface area (Å²) in [6.07, 6.45) is 1.57. The van der Waals surface area contributed by atoms with E-state index in [1.165, 1.54) is 17.5 Å². The maximum absolute atomic E-state index is 12.4. The Balaban J connectivity index is 2.25. The first-order chi connectivity index (χ1) is 8.96. The molecule has 0 saturated heterocycles. The van der Waals surface area contributed by atoms with Crippen molar-refractivity contribution in [3.8, 4) is 0 Å². The number of ether oxygens (including phenoxy) is 1. The fourth-order valence-electron chi connectivity index (χ4n) is 1.79. The molecule has 0 spiro atoms. The van der Waals surface area contributed by atoms with Crippen LogP contribution in [0.1, 0.15) is 0 Å². The van der Waals surface area contributed by atoms with E-state index in [0.29, 0.717) is 10.0 Å². The number of hydrogen-bond donors (Lipinski definition) is 0. The normalized spacial score (nSPS) is 16.2. The van der Waals surface area contributed by atoms with E-state index in [-0.39, 0.29) is 18.0 Å². The van der Waals surface area contributed by atoms with Crippen LogP contribution in [0, 0.1) is 0 Å². The third kappa shape index (κ3) is 2.72. The van der Waals surface area contributed by atoms with Crippen LogP contribution in [0.2, 0.25) is 0 Å². The van der Waals surface area contributed by atoms with Crippen LogP contribution in [0.15, 0.2) is 45.3 Å². The van der Waals surface area contributed by atoms with E-state index in [1.54, 1.807) is 24.3 Å². The van der Waals surface area contributed by atoms with Gasteiger partial charge in [-0.1, -0.05) is 18.2 Å². The molecule has 0 aliphatic carbocycles.